The van der Waals surface area contributed by atoms with Gasteiger partial charge in [0.25, 0.3) is 0 Å². The molecule has 0 radical (unpaired) electrons. The minimum atomic E-state index is 0.224. The van der Waals surface area contributed by atoms with E-state index in [9.17, 15) is 4.79 Å². The lowest BCUT2D eigenvalue weighted by atomic mass is 9.95. The quantitative estimate of drug-likeness (QED) is 0.783. The van der Waals surface area contributed by atoms with Gasteiger partial charge in [-0.25, -0.2) is 0 Å². The minimum Gasteiger partial charge on any atom is -0.355 e. The third-order valence-corrected chi connectivity index (χ3v) is 3.99. The van der Waals surface area contributed by atoms with E-state index >= 15 is 0 Å². The van der Waals surface area contributed by atoms with Crippen LogP contribution in [0.2, 0.25) is 0 Å². The Morgan fingerprint density at radius 2 is 1.80 bits per heavy atom. The van der Waals surface area contributed by atoms with E-state index in [1.54, 1.807) is 0 Å². The summed E-state index contributed by atoms with van der Waals surface area (Å²) in [6.07, 6.45) is 2.13. The van der Waals surface area contributed by atoms with Crippen molar-refractivity contribution >= 4 is 5.91 Å². The van der Waals surface area contributed by atoms with Crippen molar-refractivity contribution in [3.05, 3.63) is 34.4 Å². The van der Waals surface area contributed by atoms with Crippen molar-refractivity contribution in [1.82, 2.24) is 10.6 Å². The number of hydrogen-bond acceptors (Lipinski definition) is 2. The highest BCUT2D eigenvalue weighted by Gasteiger charge is 2.28. The van der Waals surface area contributed by atoms with Crippen molar-refractivity contribution < 1.29 is 4.79 Å². The van der Waals surface area contributed by atoms with Gasteiger partial charge < -0.3 is 10.6 Å². The van der Waals surface area contributed by atoms with E-state index in [0.29, 0.717) is 18.5 Å². The van der Waals surface area contributed by atoms with Crippen LogP contribution in [0.25, 0.3) is 0 Å². The van der Waals surface area contributed by atoms with Gasteiger partial charge in [0.2, 0.25) is 5.91 Å². The molecule has 0 heterocycles. The second-order valence-electron chi connectivity index (χ2n) is 6.05. The summed E-state index contributed by atoms with van der Waals surface area (Å²) < 4.78 is 0. The van der Waals surface area contributed by atoms with Gasteiger partial charge in [-0.3, -0.25) is 4.79 Å². The van der Waals surface area contributed by atoms with Crippen molar-refractivity contribution in [3.63, 3.8) is 0 Å². The van der Waals surface area contributed by atoms with Crippen LogP contribution in [0, 0.1) is 26.7 Å². The third kappa shape index (κ3) is 3.83. The molecule has 0 aromatic heterocycles. The molecule has 0 bridgehead atoms. The summed E-state index contributed by atoms with van der Waals surface area (Å²) in [7, 11) is 0. The monoisotopic (exact) mass is 274 g/mol. The topological polar surface area (TPSA) is 41.1 Å². The van der Waals surface area contributed by atoms with Crippen LogP contribution in [0.5, 0.6) is 0 Å². The van der Waals surface area contributed by atoms with Crippen LogP contribution in [0.3, 0.4) is 0 Å². The Kier molecular flexibility index (Phi) is 4.81. The lowest BCUT2D eigenvalue weighted by Crippen LogP contribution is -2.34. The van der Waals surface area contributed by atoms with Gasteiger partial charge in [0.1, 0.15) is 0 Å². The van der Waals surface area contributed by atoms with Crippen LogP contribution >= 0.6 is 0 Å². The molecular weight excluding hydrogens is 248 g/mol. The van der Waals surface area contributed by atoms with Crippen molar-refractivity contribution in [2.45, 2.75) is 46.6 Å². The second kappa shape index (κ2) is 6.40. The third-order valence-electron chi connectivity index (χ3n) is 3.99. The maximum absolute atomic E-state index is 11.5. The Bertz CT molecular complexity index is 469. The largest absolute Gasteiger partial charge is 0.355 e. The van der Waals surface area contributed by atoms with E-state index in [1.165, 1.54) is 22.3 Å². The molecule has 3 heteroatoms. The molecule has 1 atom stereocenters. The number of nitrogens with one attached hydrogen (secondary N) is 2. The fourth-order valence-corrected chi connectivity index (χ4v) is 2.94. The van der Waals surface area contributed by atoms with Gasteiger partial charge >= 0.3 is 0 Å². The predicted molar refractivity (Wildman–Crippen MR) is 82.8 cm³/mol. The predicted octanol–water partition coefficient (Wildman–Crippen LogP) is 2.79. The number of aryl methyl sites for hydroxylation is 3. The van der Waals surface area contributed by atoms with Crippen LogP contribution in [-0.2, 0) is 4.79 Å². The first-order valence-electron chi connectivity index (χ1n) is 7.58. The highest BCUT2D eigenvalue weighted by Crippen LogP contribution is 2.28. The zero-order chi connectivity index (χ0) is 14.7. The zero-order valence-electron chi connectivity index (χ0n) is 13.0. The van der Waals surface area contributed by atoms with E-state index in [4.69, 9.17) is 0 Å². The number of benzene rings is 1. The minimum absolute atomic E-state index is 0.224. The first-order valence-corrected chi connectivity index (χ1v) is 7.58. The summed E-state index contributed by atoms with van der Waals surface area (Å²) >= 11 is 0. The molecule has 20 heavy (non-hydrogen) atoms. The molecule has 1 aromatic carbocycles. The van der Waals surface area contributed by atoms with Crippen LogP contribution in [0.15, 0.2) is 12.1 Å². The number of carbonyl (C=O) groups excluding carboxylic acids is 1. The van der Waals surface area contributed by atoms with Crippen LogP contribution in [0.4, 0.5) is 0 Å². The van der Waals surface area contributed by atoms with Gasteiger partial charge in [-0.1, -0.05) is 17.7 Å². The summed E-state index contributed by atoms with van der Waals surface area (Å²) in [5.41, 5.74) is 5.37. The van der Waals surface area contributed by atoms with Gasteiger partial charge in [-0.2, -0.15) is 0 Å². The summed E-state index contributed by atoms with van der Waals surface area (Å²) in [5, 5.41) is 6.49. The van der Waals surface area contributed by atoms with Gasteiger partial charge in [0.15, 0.2) is 0 Å². The molecule has 0 saturated heterocycles. The maximum Gasteiger partial charge on any atom is 0.223 e. The average molecular weight is 274 g/mol. The molecule has 2 rings (SSSR count). The molecule has 0 aliphatic heterocycles. The summed E-state index contributed by atoms with van der Waals surface area (Å²) in [4.78, 5) is 11.5. The fourth-order valence-electron chi connectivity index (χ4n) is 2.94. The lowest BCUT2D eigenvalue weighted by molar-refractivity contribution is -0.122. The second-order valence-corrected chi connectivity index (χ2v) is 6.05. The first kappa shape index (κ1) is 15.0. The molecule has 3 nitrogen and oxygen atoms in total. The molecule has 110 valence electrons. The summed E-state index contributed by atoms with van der Waals surface area (Å²) in [5.74, 6) is 0.524. The Hall–Kier alpha value is -1.35. The van der Waals surface area contributed by atoms with E-state index in [2.05, 4.69) is 50.5 Å². The Labute approximate surface area is 122 Å². The van der Waals surface area contributed by atoms with E-state index in [-0.39, 0.29) is 5.91 Å². The molecular formula is C17H26N2O. The normalized spacial score (nSPS) is 16.0. The Balaban J connectivity index is 1.82. The highest BCUT2D eigenvalue weighted by molar-refractivity contribution is 5.80. The standard InChI is InChI=1S/C17H26N2O/c1-11-9-12(2)16(13(3)10-11)14(4)18-7-8-19-17(20)15-5-6-15/h9-10,14-15,18H,5-8H2,1-4H3,(H,19,20). The molecule has 1 saturated carbocycles. The summed E-state index contributed by atoms with van der Waals surface area (Å²) in [6, 6.07) is 4.78. The molecule has 1 aliphatic rings. The van der Waals surface area contributed by atoms with Gasteiger partial charge in [-0.05, 0) is 57.2 Å². The number of carbonyl (C=O) groups is 1. The van der Waals surface area contributed by atoms with Crippen molar-refractivity contribution in [1.29, 1.82) is 0 Å². The van der Waals surface area contributed by atoms with E-state index in [0.717, 1.165) is 19.4 Å². The fraction of sp³-hybridized carbons (Fsp3) is 0.588. The van der Waals surface area contributed by atoms with Crippen LogP contribution < -0.4 is 10.6 Å². The molecule has 0 spiro atoms. The number of amides is 1. The first-order chi connectivity index (χ1) is 9.49. The molecule has 1 unspecified atom stereocenters. The smallest absolute Gasteiger partial charge is 0.223 e. The van der Waals surface area contributed by atoms with Gasteiger partial charge in [0, 0.05) is 25.0 Å². The summed E-state index contributed by atoms with van der Waals surface area (Å²) in [6.45, 7) is 10.2. The lowest BCUT2D eigenvalue weighted by Gasteiger charge is -2.20. The van der Waals surface area contributed by atoms with Crippen molar-refractivity contribution in [2.24, 2.45) is 5.92 Å². The van der Waals surface area contributed by atoms with Gasteiger partial charge in [-0.15, -0.1) is 0 Å². The van der Waals surface area contributed by atoms with Gasteiger partial charge in [0.05, 0.1) is 0 Å². The highest BCUT2D eigenvalue weighted by atomic mass is 16.2. The SMILES string of the molecule is Cc1cc(C)c(C(C)NCCNC(=O)C2CC2)c(C)c1. The van der Waals surface area contributed by atoms with Crippen molar-refractivity contribution in [3.8, 4) is 0 Å². The maximum atomic E-state index is 11.5. The molecule has 1 fully saturated rings. The molecule has 1 aliphatic carbocycles. The van der Waals surface area contributed by atoms with E-state index in [1.807, 2.05) is 0 Å². The Morgan fingerprint density at radius 3 is 2.35 bits per heavy atom. The van der Waals surface area contributed by atoms with Crippen LogP contribution in [-0.4, -0.2) is 19.0 Å². The van der Waals surface area contributed by atoms with Crippen LogP contribution in [0.1, 0.15) is 48.1 Å². The number of hydrogen-bond donors (Lipinski definition) is 2. The Morgan fingerprint density at radius 1 is 1.20 bits per heavy atom. The number of rotatable bonds is 6. The molecule has 1 aromatic rings. The van der Waals surface area contributed by atoms with E-state index < -0.39 is 0 Å². The molecule has 2 N–H and O–H groups in total. The van der Waals surface area contributed by atoms with Crippen molar-refractivity contribution in [2.75, 3.05) is 13.1 Å². The zero-order valence-corrected chi connectivity index (χ0v) is 13.0. The molecule has 1 amide bonds. The average Bonchev–Trinajstić information content (AvgIpc) is 3.17.